The Morgan fingerprint density at radius 3 is 2.20 bits per heavy atom. The van der Waals surface area contributed by atoms with E-state index in [9.17, 15) is 4.79 Å². The summed E-state index contributed by atoms with van der Waals surface area (Å²) >= 11 is 3.93. The number of hydrogen-bond donors (Lipinski definition) is 1. The van der Waals surface area contributed by atoms with E-state index in [1.165, 1.54) is 5.56 Å². The summed E-state index contributed by atoms with van der Waals surface area (Å²) in [6.07, 6.45) is 1.83. The van der Waals surface area contributed by atoms with Crippen LogP contribution in [0, 0.1) is 10.8 Å². The molecule has 0 aliphatic carbocycles. The smallest absolute Gasteiger partial charge is 0.312 e. The molecule has 2 atom stereocenters. The van der Waals surface area contributed by atoms with Crippen molar-refractivity contribution < 1.29 is 14.6 Å². The second-order valence-corrected chi connectivity index (χ2v) is 9.98. The zero-order valence-electron chi connectivity index (χ0n) is 16.4. The van der Waals surface area contributed by atoms with Crippen LogP contribution in [-0.4, -0.2) is 28.6 Å². The predicted octanol–water partition coefficient (Wildman–Crippen LogP) is 5.31. The van der Waals surface area contributed by atoms with Crippen molar-refractivity contribution >= 4 is 21.9 Å². The van der Waals surface area contributed by atoms with Crippen LogP contribution in [-0.2, 0) is 9.53 Å². The zero-order valence-corrected chi connectivity index (χ0v) is 18.0. The number of carbonyl (C=O) groups excluding carboxylic acids is 1. The van der Waals surface area contributed by atoms with Gasteiger partial charge in [0.2, 0.25) is 0 Å². The van der Waals surface area contributed by atoms with Gasteiger partial charge in [-0.2, -0.15) is 0 Å². The normalized spacial score (nSPS) is 16.2. The minimum absolute atomic E-state index is 0.0472. The standard InChI is InChI=1S/C21H33BrO3/c1-7-21(6,22)17(16-11-9-8-10-12-16)15-19(2,3)20(4,5)18(24)25-14-13-23/h8-12,17,23H,7,13-15H2,1-6H3. The van der Waals surface area contributed by atoms with E-state index < -0.39 is 5.41 Å². The number of rotatable bonds is 9. The summed E-state index contributed by atoms with van der Waals surface area (Å²) in [5, 5.41) is 8.93. The molecule has 1 N–H and O–H groups in total. The van der Waals surface area contributed by atoms with Gasteiger partial charge in [0.15, 0.2) is 0 Å². The Hall–Kier alpha value is -0.870. The van der Waals surface area contributed by atoms with Gasteiger partial charge >= 0.3 is 5.97 Å². The van der Waals surface area contributed by atoms with Crippen LogP contribution in [0.4, 0.5) is 0 Å². The van der Waals surface area contributed by atoms with E-state index in [1.54, 1.807) is 0 Å². The van der Waals surface area contributed by atoms with Gasteiger partial charge in [0.25, 0.3) is 0 Å². The van der Waals surface area contributed by atoms with E-state index in [2.05, 4.69) is 67.9 Å². The molecule has 0 amide bonds. The van der Waals surface area contributed by atoms with E-state index in [4.69, 9.17) is 9.84 Å². The summed E-state index contributed by atoms with van der Waals surface area (Å²) in [4.78, 5) is 12.6. The molecule has 1 rings (SSSR count). The molecule has 142 valence electrons. The third kappa shape index (κ3) is 5.30. The quantitative estimate of drug-likeness (QED) is 0.441. The first-order valence-electron chi connectivity index (χ1n) is 9.01. The van der Waals surface area contributed by atoms with Crippen molar-refractivity contribution in [2.24, 2.45) is 10.8 Å². The monoisotopic (exact) mass is 412 g/mol. The van der Waals surface area contributed by atoms with Crippen molar-refractivity contribution in [3.8, 4) is 0 Å². The highest BCUT2D eigenvalue weighted by molar-refractivity contribution is 9.10. The highest BCUT2D eigenvalue weighted by Crippen LogP contribution is 2.51. The number of aliphatic hydroxyl groups excluding tert-OH is 1. The van der Waals surface area contributed by atoms with Crippen molar-refractivity contribution in [1.82, 2.24) is 0 Å². The Labute approximate surface area is 161 Å². The van der Waals surface area contributed by atoms with Crippen LogP contribution in [0.15, 0.2) is 30.3 Å². The minimum atomic E-state index is -0.661. The van der Waals surface area contributed by atoms with Crippen molar-refractivity contribution in [3.05, 3.63) is 35.9 Å². The minimum Gasteiger partial charge on any atom is -0.463 e. The van der Waals surface area contributed by atoms with Crippen LogP contribution < -0.4 is 0 Å². The van der Waals surface area contributed by atoms with Crippen molar-refractivity contribution in [2.75, 3.05) is 13.2 Å². The maximum absolute atomic E-state index is 12.6. The van der Waals surface area contributed by atoms with Gasteiger partial charge in [0, 0.05) is 4.32 Å². The molecular weight excluding hydrogens is 380 g/mol. The molecule has 0 bridgehead atoms. The molecule has 0 saturated heterocycles. The average Bonchev–Trinajstić information content (AvgIpc) is 2.57. The van der Waals surface area contributed by atoms with Gasteiger partial charge in [0.05, 0.1) is 12.0 Å². The molecule has 0 fully saturated rings. The van der Waals surface area contributed by atoms with Gasteiger partial charge in [-0.15, -0.1) is 0 Å². The summed E-state index contributed by atoms with van der Waals surface area (Å²) < 4.78 is 5.18. The molecule has 0 aromatic heterocycles. The maximum Gasteiger partial charge on any atom is 0.312 e. The Morgan fingerprint density at radius 1 is 1.16 bits per heavy atom. The Kier molecular flexibility index (Phi) is 7.70. The molecule has 0 spiro atoms. The number of alkyl halides is 1. The third-order valence-electron chi connectivity index (χ3n) is 5.86. The summed E-state index contributed by atoms with van der Waals surface area (Å²) in [5.41, 5.74) is 0.326. The third-order valence-corrected chi connectivity index (χ3v) is 6.97. The highest BCUT2D eigenvalue weighted by Gasteiger charge is 2.47. The van der Waals surface area contributed by atoms with Gasteiger partial charge in [-0.25, -0.2) is 0 Å². The van der Waals surface area contributed by atoms with Gasteiger partial charge in [-0.3, -0.25) is 4.79 Å². The Morgan fingerprint density at radius 2 is 1.72 bits per heavy atom. The summed E-state index contributed by atoms with van der Waals surface area (Å²) in [7, 11) is 0. The highest BCUT2D eigenvalue weighted by atomic mass is 79.9. The Balaban J connectivity index is 3.15. The van der Waals surface area contributed by atoms with E-state index >= 15 is 0 Å². The molecule has 0 saturated carbocycles. The first-order chi connectivity index (χ1) is 11.5. The fraction of sp³-hybridized carbons (Fsp3) is 0.667. The fourth-order valence-corrected chi connectivity index (χ4v) is 3.40. The average molecular weight is 413 g/mol. The van der Waals surface area contributed by atoms with Crippen molar-refractivity contribution in [1.29, 1.82) is 0 Å². The van der Waals surface area contributed by atoms with Crippen LogP contribution in [0.25, 0.3) is 0 Å². The molecule has 25 heavy (non-hydrogen) atoms. The lowest BCUT2D eigenvalue weighted by atomic mass is 9.61. The molecule has 3 nitrogen and oxygen atoms in total. The van der Waals surface area contributed by atoms with Gasteiger partial charge in [-0.05, 0) is 50.5 Å². The molecule has 0 aliphatic heterocycles. The van der Waals surface area contributed by atoms with Gasteiger partial charge in [-0.1, -0.05) is 67.0 Å². The molecular formula is C21H33BrO3. The largest absolute Gasteiger partial charge is 0.463 e. The van der Waals surface area contributed by atoms with E-state index in [0.29, 0.717) is 0 Å². The van der Waals surface area contributed by atoms with Crippen LogP contribution in [0.3, 0.4) is 0 Å². The van der Waals surface area contributed by atoms with Gasteiger partial charge < -0.3 is 9.84 Å². The summed E-state index contributed by atoms with van der Waals surface area (Å²) in [6.45, 7) is 12.4. The number of esters is 1. The summed E-state index contributed by atoms with van der Waals surface area (Å²) in [6, 6.07) is 10.5. The fourth-order valence-electron chi connectivity index (χ4n) is 2.97. The van der Waals surface area contributed by atoms with Crippen LogP contribution >= 0.6 is 15.9 Å². The lowest BCUT2D eigenvalue weighted by Crippen LogP contribution is -2.43. The SMILES string of the molecule is CCC(C)(Br)C(CC(C)(C)C(C)(C)C(=O)OCCO)c1ccccc1. The van der Waals surface area contributed by atoms with E-state index in [0.717, 1.165) is 12.8 Å². The molecule has 0 radical (unpaired) electrons. The first-order valence-corrected chi connectivity index (χ1v) is 9.81. The zero-order chi connectivity index (χ0) is 19.3. The number of aliphatic hydroxyl groups is 1. The topological polar surface area (TPSA) is 46.5 Å². The molecule has 1 aromatic rings. The number of benzene rings is 1. The molecule has 1 aromatic carbocycles. The van der Waals surface area contributed by atoms with Crippen molar-refractivity contribution in [2.45, 2.75) is 64.6 Å². The summed E-state index contributed by atoms with van der Waals surface area (Å²) in [5.74, 6) is 0.00440. The maximum atomic E-state index is 12.6. The molecule has 0 aliphatic rings. The second-order valence-electron chi connectivity index (χ2n) is 8.17. The van der Waals surface area contributed by atoms with Crippen molar-refractivity contribution in [3.63, 3.8) is 0 Å². The lowest BCUT2D eigenvalue weighted by molar-refractivity contribution is -0.162. The van der Waals surface area contributed by atoms with E-state index in [-0.39, 0.29) is 34.8 Å². The Bertz CT molecular complexity index is 550. The number of carbonyl (C=O) groups is 1. The predicted molar refractivity (Wildman–Crippen MR) is 107 cm³/mol. The lowest BCUT2D eigenvalue weighted by Gasteiger charge is -2.45. The van der Waals surface area contributed by atoms with Crippen LogP contribution in [0.5, 0.6) is 0 Å². The van der Waals surface area contributed by atoms with Crippen LogP contribution in [0.2, 0.25) is 0 Å². The molecule has 2 unspecified atom stereocenters. The van der Waals surface area contributed by atoms with Crippen LogP contribution in [0.1, 0.15) is 65.9 Å². The van der Waals surface area contributed by atoms with Gasteiger partial charge in [0.1, 0.15) is 6.61 Å². The molecule has 0 heterocycles. The number of halogens is 1. The number of ether oxygens (including phenoxy) is 1. The number of hydrogen-bond acceptors (Lipinski definition) is 3. The van der Waals surface area contributed by atoms with E-state index in [1.807, 2.05) is 19.9 Å². The second kappa shape index (κ2) is 8.68. The molecule has 4 heteroatoms. The first kappa shape index (κ1) is 22.2.